The number of rotatable bonds is 3. The third-order valence-corrected chi connectivity index (χ3v) is 3.81. The number of aromatic amines is 1. The summed E-state index contributed by atoms with van der Waals surface area (Å²) in [6.07, 6.45) is 3.42. The Morgan fingerprint density at radius 1 is 1.56 bits per heavy atom. The Morgan fingerprint density at radius 3 is 3.00 bits per heavy atom. The number of imidazole rings is 1. The van der Waals surface area contributed by atoms with E-state index >= 15 is 0 Å². The largest absolute Gasteiger partial charge is 0.347 e. The van der Waals surface area contributed by atoms with Gasteiger partial charge >= 0.3 is 0 Å². The zero-order chi connectivity index (χ0) is 13.1. The van der Waals surface area contributed by atoms with Crippen molar-refractivity contribution >= 4 is 44.4 Å². The fraction of sp³-hybridized carbons (Fsp3) is 0.167. The maximum atomic E-state index is 12.3. The lowest BCUT2D eigenvalue weighted by atomic mass is 10.2. The Morgan fingerprint density at radius 2 is 2.33 bits per heavy atom. The summed E-state index contributed by atoms with van der Waals surface area (Å²) in [7, 11) is 1.76. The molecule has 1 amide bonds. The van der Waals surface area contributed by atoms with E-state index in [0.29, 0.717) is 12.1 Å². The quantitative estimate of drug-likeness (QED) is 0.777. The van der Waals surface area contributed by atoms with Crippen LogP contribution in [0.5, 0.6) is 0 Å². The van der Waals surface area contributed by atoms with Crippen molar-refractivity contribution in [1.82, 2.24) is 14.9 Å². The molecule has 0 unspecified atom stereocenters. The van der Waals surface area contributed by atoms with Crippen LogP contribution in [0.3, 0.4) is 0 Å². The van der Waals surface area contributed by atoms with Crippen LogP contribution < -0.4 is 0 Å². The van der Waals surface area contributed by atoms with Gasteiger partial charge in [0.15, 0.2) is 0 Å². The number of hydrogen-bond donors (Lipinski definition) is 1. The summed E-state index contributed by atoms with van der Waals surface area (Å²) >= 11 is 5.59. The smallest absolute Gasteiger partial charge is 0.255 e. The highest BCUT2D eigenvalue weighted by Crippen LogP contribution is 2.21. The summed E-state index contributed by atoms with van der Waals surface area (Å²) in [6.45, 7) is 0.462. The fourth-order valence-electron chi connectivity index (χ4n) is 1.55. The maximum Gasteiger partial charge on any atom is 0.255 e. The van der Waals surface area contributed by atoms with Crippen LogP contribution in [0.25, 0.3) is 0 Å². The molecule has 0 radical (unpaired) electrons. The Hall–Kier alpha value is -0.890. The third kappa shape index (κ3) is 3.11. The lowest BCUT2D eigenvalue weighted by Gasteiger charge is -2.16. The molecule has 0 aliphatic carbocycles. The van der Waals surface area contributed by atoms with Gasteiger partial charge in [0.05, 0.1) is 12.1 Å². The van der Waals surface area contributed by atoms with E-state index in [9.17, 15) is 4.79 Å². The molecule has 0 atom stereocenters. The number of nitrogens with zero attached hydrogens (tertiary/aromatic N) is 2. The zero-order valence-corrected chi connectivity index (χ0v) is 13.4. The molecule has 6 heteroatoms. The van der Waals surface area contributed by atoms with Gasteiger partial charge < -0.3 is 9.88 Å². The first kappa shape index (κ1) is 13.5. The number of carbonyl (C=O) groups is 1. The Balaban J connectivity index is 2.17. The summed E-state index contributed by atoms with van der Waals surface area (Å²) in [6, 6.07) is 5.70. The van der Waals surface area contributed by atoms with Crippen LogP contribution in [-0.2, 0) is 6.54 Å². The predicted molar refractivity (Wildman–Crippen MR) is 81.2 cm³/mol. The van der Waals surface area contributed by atoms with Crippen LogP contribution in [0.4, 0.5) is 0 Å². The zero-order valence-electron chi connectivity index (χ0n) is 9.65. The summed E-state index contributed by atoms with van der Waals surface area (Å²) in [4.78, 5) is 21.0. The number of amides is 1. The van der Waals surface area contributed by atoms with Crippen molar-refractivity contribution in [2.75, 3.05) is 7.05 Å². The second-order valence-electron chi connectivity index (χ2n) is 3.82. The van der Waals surface area contributed by atoms with E-state index in [2.05, 4.69) is 48.5 Å². The van der Waals surface area contributed by atoms with Gasteiger partial charge in [0.2, 0.25) is 0 Å². The summed E-state index contributed by atoms with van der Waals surface area (Å²) in [5.41, 5.74) is 0.663. The highest BCUT2D eigenvalue weighted by molar-refractivity contribution is 14.1. The number of hydrogen-bond acceptors (Lipinski definition) is 2. The van der Waals surface area contributed by atoms with Crippen LogP contribution in [0, 0.1) is 3.57 Å². The second-order valence-corrected chi connectivity index (χ2v) is 5.92. The van der Waals surface area contributed by atoms with Gasteiger partial charge in [-0.1, -0.05) is 0 Å². The number of aromatic nitrogens is 2. The van der Waals surface area contributed by atoms with Gasteiger partial charge in [0.25, 0.3) is 5.91 Å². The van der Waals surface area contributed by atoms with Crippen molar-refractivity contribution in [3.8, 4) is 0 Å². The molecule has 4 nitrogen and oxygen atoms in total. The van der Waals surface area contributed by atoms with Gasteiger partial charge in [-0.15, -0.1) is 0 Å². The van der Waals surface area contributed by atoms with Crippen molar-refractivity contribution in [2.45, 2.75) is 6.54 Å². The monoisotopic (exact) mass is 419 g/mol. The molecule has 1 N–H and O–H groups in total. The molecule has 1 aromatic carbocycles. The van der Waals surface area contributed by atoms with Crippen molar-refractivity contribution in [3.05, 3.63) is 50.0 Å². The molecule has 1 heterocycles. The lowest BCUT2D eigenvalue weighted by molar-refractivity contribution is 0.0781. The predicted octanol–water partition coefficient (Wildman–Crippen LogP) is 3.05. The Kier molecular flexibility index (Phi) is 4.39. The summed E-state index contributed by atoms with van der Waals surface area (Å²) in [5, 5.41) is 0. The molecule has 2 aromatic rings. The molecule has 0 saturated carbocycles. The minimum atomic E-state index is -0.0307. The standard InChI is InChI=1S/C12H11BrIN3O/c1-17(7-11-15-4-5-16-11)12(18)9-6-8(14)2-3-10(9)13/h2-6H,7H2,1H3,(H,15,16). The highest BCUT2D eigenvalue weighted by atomic mass is 127. The van der Waals surface area contributed by atoms with Gasteiger partial charge in [-0.05, 0) is 56.7 Å². The van der Waals surface area contributed by atoms with Crippen molar-refractivity contribution in [3.63, 3.8) is 0 Å². The highest BCUT2D eigenvalue weighted by Gasteiger charge is 2.16. The van der Waals surface area contributed by atoms with E-state index < -0.39 is 0 Å². The minimum absolute atomic E-state index is 0.0307. The maximum absolute atomic E-state index is 12.3. The van der Waals surface area contributed by atoms with Crippen molar-refractivity contribution in [2.24, 2.45) is 0 Å². The molecule has 0 spiro atoms. The van der Waals surface area contributed by atoms with E-state index in [1.165, 1.54) is 0 Å². The number of halogens is 2. The minimum Gasteiger partial charge on any atom is -0.347 e. The normalized spacial score (nSPS) is 10.4. The molecule has 1 aromatic heterocycles. The van der Waals surface area contributed by atoms with Crippen molar-refractivity contribution < 1.29 is 4.79 Å². The molecule has 2 rings (SSSR count). The van der Waals surface area contributed by atoms with Gasteiger partial charge in [-0.3, -0.25) is 4.79 Å². The van der Waals surface area contributed by atoms with Crippen LogP contribution in [-0.4, -0.2) is 27.8 Å². The first-order valence-electron chi connectivity index (χ1n) is 5.26. The molecular formula is C12H11BrIN3O. The van der Waals surface area contributed by atoms with Gasteiger partial charge in [0, 0.05) is 27.5 Å². The first-order chi connectivity index (χ1) is 8.58. The fourth-order valence-corrected chi connectivity index (χ4v) is 2.46. The molecule has 94 valence electrons. The van der Waals surface area contributed by atoms with E-state index in [4.69, 9.17) is 0 Å². The molecule has 0 bridgehead atoms. The lowest BCUT2D eigenvalue weighted by Crippen LogP contribution is -2.27. The van der Waals surface area contributed by atoms with Crippen LogP contribution in [0.1, 0.15) is 16.2 Å². The van der Waals surface area contributed by atoms with Crippen LogP contribution >= 0.6 is 38.5 Å². The van der Waals surface area contributed by atoms with Crippen LogP contribution in [0.2, 0.25) is 0 Å². The van der Waals surface area contributed by atoms with Crippen molar-refractivity contribution in [1.29, 1.82) is 0 Å². The molecule has 0 aliphatic heterocycles. The number of benzene rings is 1. The van der Waals surface area contributed by atoms with E-state index in [1.54, 1.807) is 24.3 Å². The number of nitrogens with one attached hydrogen (secondary N) is 1. The second kappa shape index (κ2) is 5.83. The van der Waals surface area contributed by atoms with Gasteiger partial charge in [0.1, 0.15) is 5.82 Å². The van der Waals surface area contributed by atoms with E-state index in [1.807, 2.05) is 18.2 Å². The topological polar surface area (TPSA) is 49.0 Å². The molecule has 18 heavy (non-hydrogen) atoms. The Labute approximate surface area is 127 Å². The number of carbonyl (C=O) groups excluding carboxylic acids is 1. The van der Waals surface area contributed by atoms with E-state index in [-0.39, 0.29) is 5.91 Å². The third-order valence-electron chi connectivity index (χ3n) is 2.45. The average molecular weight is 420 g/mol. The van der Waals surface area contributed by atoms with Gasteiger partial charge in [-0.2, -0.15) is 0 Å². The summed E-state index contributed by atoms with van der Waals surface area (Å²) in [5.74, 6) is 0.740. The molecule has 0 aliphatic rings. The number of H-pyrrole nitrogens is 1. The molecule has 0 saturated heterocycles. The average Bonchev–Trinajstić information content (AvgIpc) is 2.84. The summed E-state index contributed by atoms with van der Waals surface area (Å²) < 4.78 is 1.84. The van der Waals surface area contributed by atoms with Crippen LogP contribution in [0.15, 0.2) is 35.1 Å². The van der Waals surface area contributed by atoms with Gasteiger partial charge in [-0.25, -0.2) is 4.98 Å². The van der Waals surface area contributed by atoms with E-state index in [0.717, 1.165) is 13.9 Å². The molecule has 0 fully saturated rings. The molecular weight excluding hydrogens is 409 g/mol. The first-order valence-corrected chi connectivity index (χ1v) is 7.14. The SMILES string of the molecule is CN(Cc1ncc[nH]1)C(=O)c1cc(I)ccc1Br. The Bertz CT molecular complexity index is 556.